The van der Waals surface area contributed by atoms with Crippen LogP contribution in [0.1, 0.15) is 106 Å². The predicted octanol–water partition coefficient (Wildman–Crippen LogP) is 13.5. The minimum atomic E-state index is -0.881. The maximum atomic E-state index is 9.27. The zero-order chi connectivity index (χ0) is 42.5. The highest BCUT2D eigenvalue weighted by Crippen LogP contribution is 2.42. The minimum absolute atomic E-state index is 0.0494. The van der Waals surface area contributed by atoms with Gasteiger partial charge in [0.15, 0.2) is 0 Å². The molecule has 4 heterocycles. The van der Waals surface area contributed by atoms with Gasteiger partial charge in [-0.25, -0.2) is 4.98 Å². The van der Waals surface area contributed by atoms with Gasteiger partial charge in [0.25, 0.3) is 0 Å². The molecule has 0 spiro atoms. The van der Waals surface area contributed by atoms with Gasteiger partial charge in [0.05, 0.1) is 45.8 Å². The molecule has 0 unspecified atom stereocenters. The summed E-state index contributed by atoms with van der Waals surface area (Å²) in [5.74, 6) is 0.369. The van der Waals surface area contributed by atoms with Gasteiger partial charge in [0, 0.05) is 48.7 Å². The third-order valence-corrected chi connectivity index (χ3v) is 11.3. The molecule has 0 saturated heterocycles. The molecule has 0 amide bonds. The quantitative estimate of drug-likeness (QED) is 0.162. The highest BCUT2D eigenvalue weighted by molar-refractivity contribution is 6.12. The Morgan fingerprint density at radius 3 is 1.81 bits per heavy atom. The van der Waals surface area contributed by atoms with Gasteiger partial charge in [-0.15, -0.1) is 0 Å². The molecule has 0 aliphatic rings. The van der Waals surface area contributed by atoms with E-state index in [1.165, 1.54) is 5.56 Å². The van der Waals surface area contributed by atoms with Crippen LogP contribution in [0.25, 0.3) is 60.8 Å². The average Bonchev–Trinajstić information content (AvgIpc) is 3.91. The average molecular weight is 767 g/mol. The summed E-state index contributed by atoms with van der Waals surface area (Å²) in [6.07, 6.45) is 5.23. The monoisotopic (exact) mass is 766 g/mol. The van der Waals surface area contributed by atoms with E-state index >= 15 is 0 Å². The van der Waals surface area contributed by atoms with E-state index in [1.54, 1.807) is 17.2 Å². The normalized spacial score (nSPS) is 13.5. The Labute approximate surface area is 343 Å². The summed E-state index contributed by atoms with van der Waals surface area (Å²) in [5.41, 5.74) is 9.66. The predicted molar refractivity (Wildman–Crippen MR) is 240 cm³/mol. The van der Waals surface area contributed by atoms with Crippen molar-refractivity contribution in [2.45, 2.75) is 91.9 Å². The van der Waals surface area contributed by atoms with Crippen molar-refractivity contribution in [2.24, 2.45) is 0 Å². The van der Waals surface area contributed by atoms with Crippen molar-refractivity contribution in [2.75, 3.05) is 0 Å². The maximum Gasteiger partial charge on any atom is 0.139 e. The van der Waals surface area contributed by atoms with Crippen LogP contribution < -0.4 is 4.74 Å². The summed E-state index contributed by atoms with van der Waals surface area (Å²) in [4.78, 5) is 6.69. The van der Waals surface area contributed by atoms with Crippen LogP contribution in [0.2, 0.25) is 0 Å². The molecule has 0 saturated carbocycles. The molecule has 58 heavy (non-hydrogen) atoms. The third-order valence-electron chi connectivity index (χ3n) is 11.3. The third kappa shape index (κ3) is 6.33. The number of hydrogen-bond donors (Lipinski definition) is 0. The molecular weight excluding hydrogens is 713 g/mol. The largest absolute Gasteiger partial charge is 0.457 e. The first-order chi connectivity index (χ1) is 28.3. The maximum absolute atomic E-state index is 9.27. The highest BCUT2D eigenvalue weighted by atomic mass is 16.5. The van der Waals surface area contributed by atoms with Crippen LogP contribution in [0.5, 0.6) is 11.5 Å². The van der Waals surface area contributed by atoms with Crippen LogP contribution in [0.15, 0.2) is 122 Å². The topological polar surface area (TPSA) is 62.7 Å². The molecule has 0 fully saturated rings. The number of para-hydroxylation sites is 2. The van der Waals surface area contributed by atoms with Crippen LogP contribution in [-0.4, -0.2) is 29.1 Å². The summed E-state index contributed by atoms with van der Waals surface area (Å²) < 4.78 is 29.8. The van der Waals surface area contributed by atoms with Crippen molar-refractivity contribution >= 4 is 43.6 Å². The zero-order valence-corrected chi connectivity index (χ0v) is 35.1. The number of fused-ring (bicyclic) bond motifs is 6. The van der Waals surface area contributed by atoms with E-state index in [4.69, 9.17) is 9.72 Å². The molecule has 0 N–H and O–H groups in total. The molecule has 0 aliphatic carbocycles. The van der Waals surface area contributed by atoms with Crippen LogP contribution in [-0.2, 0) is 10.8 Å². The molecule has 0 bridgehead atoms. The van der Waals surface area contributed by atoms with Gasteiger partial charge in [-0.05, 0) is 87.3 Å². The summed E-state index contributed by atoms with van der Waals surface area (Å²) >= 11 is 0. The molecule has 7 nitrogen and oxygen atoms in total. The van der Waals surface area contributed by atoms with Crippen molar-refractivity contribution in [1.29, 1.82) is 0 Å². The van der Waals surface area contributed by atoms with Gasteiger partial charge in [0.2, 0.25) is 0 Å². The molecular formula is C51H52N6O. The first-order valence-corrected chi connectivity index (χ1v) is 20.1. The molecule has 0 atom stereocenters. The van der Waals surface area contributed by atoms with Crippen LogP contribution in [0.3, 0.4) is 0 Å². The smallest absolute Gasteiger partial charge is 0.139 e. The Bertz CT molecular complexity index is 3040. The number of aromatic nitrogens is 6. The lowest BCUT2D eigenvalue weighted by Crippen LogP contribution is -2.12. The Balaban J connectivity index is 1.29. The van der Waals surface area contributed by atoms with Crippen molar-refractivity contribution < 1.29 is 7.48 Å². The second-order valence-electron chi connectivity index (χ2n) is 18.0. The van der Waals surface area contributed by atoms with Crippen molar-refractivity contribution in [3.8, 4) is 28.7 Å². The number of pyridine rings is 1. The van der Waals surface area contributed by atoms with Gasteiger partial charge >= 0.3 is 0 Å². The molecule has 292 valence electrons. The first kappa shape index (κ1) is 35.0. The van der Waals surface area contributed by atoms with Crippen molar-refractivity contribution in [1.82, 2.24) is 29.1 Å². The lowest BCUT2D eigenvalue weighted by atomic mass is 9.86. The van der Waals surface area contributed by atoms with E-state index in [9.17, 15) is 2.74 Å². The van der Waals surface area contributed by atoms with Crippen LogP contribution in [0, 0.1) is 0 Å². The molecule has 0 radical (unpaired) electrons. The molecule has 9 aromatic rings. The molecule has 4 aromatic heterocycles. The Morgan fingerprint density at radius 1 is 0.534 bits per heavy atom. The Morgan fingerprint density at radius 2 is 1.19 bits per heavy atom. The Kier molecular flexibility index (Phi) is 8.28. The van der Waals surface area contributed by atoms with E-state index in [-0.39, 0.29) is 10.8 Å². The van der Waals surface area contributed by atoms with Gasteiger partial charge in [-0.3, -0.25) is 4.57 Å². The number of ether oxygens (including phenoxy) is 1. The Hall–Kier alpha value is -6.21. The standard InChI is InChI=1S/C51H52N6O/c1-31(2)39-13-11-15-42-43-16-12-14-40(32(3)4)49(43)55(48(39)42)35-21-22-52-47(29-35)56-45-20-17-33(50(5,6)7)27-44(45)41-19-18-37(30-46(41)56)58-38-26-34(51(8,9)10)25-36(28-38)57-53-23-24-54-57/h11-32H,1-10H3/i31D,32D. The zero-order valence-electron chi connectivity index (χ0n) is 37.1. The number of hydrogen-bond acceptors (Lipinski definition) is 4. The van der Waals surface area contributed by atoms with Crippen LogP contribution >= 0.6 is 0 Å². The van der Waals surface area contributed by atoms with Crippen molar-refractivity contribution in [3.05, 3.63) is 144 Å². The molecule has 0 aliphatic heterocycles. The van der Waals surface area contributed by atoms with E-state index < -0.39 is 11.8 Å². The lowest BCUT2D eigenvalue weighted by molar-refractivity contribution is 0.478. The lowest BCUT2D eigenvalue weighted by Gasteiger charge is -2.21. The first-order valence-electron chi connectivity index (χ1n) is 21.1. The van der Waals surface area contributed by atoms with E-state index in [1.807, 2.05) is 64.2 Å². The summed E-state index contributed by atoms with van der Waals surface area (Å²) in [7, 11) is 0. The summed E-state index contributed by atoms with van der Waals surface area (Å²) in [6, 6.07) is 35.9. The fourth-order valence-corrected chi connectivity index (χ4v) is 8.30. The van der Waals surface area contributed by atoms with E-state index in [2.05, 4.69) is 134 Å². The summed E-state index contributed by atoms with van der Waals surface area (Å²) in [5, 5.41) is 13.1. The SMILES string of the molecule is [2H]C(C)(C)c1cccc2c3cccc(C([2H])(C)C)c3n(-c3ccnc(-n4c5ccc(C(C)(C)C)cc5c5ccc(Oc6cc(-n7nccn7)cc(C(C)(C)C)c6)cc54)c3)c12. The number of rotatable bonds is 7. The van der Waals surface area contributed by atoms with E-state index in [0.717, 1.165) is 77.5 Å². The van der Waals surface area contributed by atoms with Gasteiger partial charge < -0.3 is 9.30 Å². The minimum Gasteiger partial charge on any atom is -0.457 e. The second-order valence-corrected chi connectivity index (χ2v) is 18.0. The van der Waals surface area contributed by atoms with E-state index in [0.29, 0.717) is 11.5 Å². The van der Waals surface area contributed by atoms with Crippen molar-refractivity contribution in [3.63, 3.8) is 0 Å². The highest BCUT2D eigenvalue weighted by Gasteiger charge is 2.23. The second kappa shape index (κ2) is 13.7. The molecule has 5 aromatic carbocycles. The molecule has 7 heteroatoms. The fraction of sp³-hybridized carbons (Fsp3) is 0.275. The number of benzene rings is 5. The van der Waals surface area contributed by atoms with Gasteiger partial charge in [-0.1, -0.05) is 112 Å². The van der Waals surface area contributed by atoms with Crippen LogP contribution in [0.4, 0.5) is 0 Å². The van der Waals surface area contributed by atoms with Gasteiger partial charge in [0.1, 0.15) is 17.3 Å². The van der Waals surface area contributed by atoms with Gasteiger partial charge in [-0.2, -0.15) is 15.0 Å². The number of nitrogens with zero attached hydrogens (tertiary/aromatic N) is 6. The fourth-order valence-electron chi connectivity index (χ4n) is 8.30. The molecule has 9 rings (SSSR count). The summed E-state index contributed by atoms with van der Waals surface area (Å²) in [6.45, 7) is 21.1.